The molecule has 0 aliphatic carbocycles. The third-order valence-corrected chi connectivity index (χ3v) is 0.490. The van der Waals surface area contributed by atoms with E-state index in [9.17, 15) is 0 Å². The number of rotatable bonds is 3. The summed E-state index contributed by atoms with van der Waals surface area (Å²) in [6.07, 6.45) is 0. The first-order valence-electron chi connectivity index (χ1n) is 2.05. The van der Waals surface area contributed by atoms with E-state index in [4.69, 9.17) is 5.21 Å². The molecule has 0 atom stereocenters. The van der Waals surface area contributed by atoms with E-state index in [-0.39, 0.29) is 0 Å². The fourth-order valence-corrected chi connectivity index (χ4v) is 0.200. The molecule has 5 heteroatoms. The zero-order chi connectivity index (χ0) is 6.57. The Hall–Kier alpha value is -0.200. The summed E-state index contributed by atoms with van der Waals surface area (Å²) in [5.41, 5.74) is 0. The predicted octanol–water partition coefficient (Wildman–Crippen LogP) is -0.353. The maximum Gasteiger partial charge on any atom is 0.0602 e. The van der Waals surface area contributed by atoms with E-state index in [1.165, 1.54) is 21.2 Å². The van der Waals surface area contributed by atoms with Gasteiger partial charge in [0.1, 0.15) is 0 Å². The highest BCUT2D eigenvalue weighted by molar-refractivity contribution is 3.88. The summed E-state index contributed by atoms with van der Waals surface area (Å²) in [7, 11) is 4.26. The summed E-state index contributed by atoms with van der Waals surface area (Å²) < 4.78 is 0. The first-order valence-corrected chi connectivity index (χ1v) is 2.05. The van der Waals surface area contributed by atoms with Crippen molar-refractivity contribution >= 4 is 0 Å². The van der Waals surface area contributed by atoms with Gasteiger partial charge in [0.15, 0.2) is 0 Å². The van der Waals surface area contributed by atoms with Crippen LogP contribution in [0.1, 0.15) is 0 Å². The van der Waals surface area contributed by atoms with E-state index >= 15 is 0 Å². The largest absolute Gasteiger partial charge is 0.288 e. The molecule has 0 aromatic carbocycles. The van der Waals surface area contributed by atoms with Crippen molar-refractivity contribution in [2.75, 3.05) is 21.2 Å². The lowest BCUT2D eigenvalue weighted by atomic mass is 11.5. The molecular formula is C3H10N2O3. The van der Waals surface area contributed by atoms with Crippen molar-refractivity contribution in [3.8, 4) is 0 Å². The van der Waals surface area contributed by atoms with Gasteiger partial charge < -0.3 is 0 Å². The summed E-state index contributed by atoms with van der Waals surface area (Å²) in [5.74, 6) is 0. The van der Waals surface area contributed by atoms with Crippen molar-refractivity contribution in [1.82, 2.24) is 10.5 Å². The summed E-state index contributed by atoms with van der Waals surface area (Å²) in [6, 6.07) is 0. The lowest BCUT2D eigenvalue weighted by Crippen LogP contribution is -2.26. The van der Waals surface area contributed by atoms with Gasteiger partial charge in [0.25, 0.3) is 0 Å². The molecule has 0 heterocycles. The van der Waals surface area contributed by atoms with Gasteiger partial charge >= 0.3 is 0 Å². The SMILES string of the molecule is CON(C)ON(C)O. The van der Waals surface area contributed by atoms with Gasteiger partial charge in [-0.25, -0.2) is 0 Å². The van der Waals surface area contributed by atoms with E-state index in [2.05, 4.69) is 9.78 Å². The van der Waals surface area contributed by atoms with Crippen molar-refractivity contribution in [3.63, 3.8) is 0 Å². The van der Waals surface area contributed by atoms with Crippen LogP contribution in [0.2, 0.25) is 0 Å². The highest BCUT2D eigenvalue weighted by atomic mass is 17.1. The normalized spacial score (nSPS) is 11.2. The number of hydrogen-bond donors (Lipinski definition) is 1. The van der Waals surface area contributed by atoms with Gasteiger partial charge in [0.05, 0.1) is 7.11 Å². The van der Waals surface area contributed by atoms with Crippen LogP contribution in [0.15, 0.2) is 0 Å². The quantitative estimate of drug-likeness (QED) is 0.518. The first-order chi connectivity index (χ1) is 3.66. The summed E-state index contributed by atoms with van der Waals surface area (Å²) in [4.78, 5) is 8.87. The van der Waals surface area contributed by atoms with Crippen LogP contribution in [0.4, 0.5) is 0 Å². The molecule has 0 saturated carbocycles. The molecule has 50 valence electrons. The number of hydrogen-bond acceptors (Lipinski definition) is 5. The van der Waals surface area contributed by atoms with Gasteiger partial charge in [-0.15, -0.1) is 0 Å². The monoisotopic (exact) mass is 122 g/mol. The highest BCUT2D eigenvalue weighted by Crippen LogP contribution is 1.83. The van der Waals surface area contributed by atoms with E-state index in [0.29, 0.717) is 5.23 Å². The smallest absolute Gasteiger partial charge is 0.0602 e. The molecule has 0 spiro atoms. The van der Waals surface area contributed by atoms with Crippen molar-refractivity contribution in [3.05, 3.63) is 0 Å². The molecule has 0 amide bonds. The standard InChI is InChI=1S/C3H10N2O3/c1-4(6)8-5(2)7-3/h6H,1-3H3. The van der Waals surface area contributed by atoms with Crippen LogP contribution < -0.4 is 0 Å². The topological polar surface area (TPSA) is 45.2 Å². The Labute approximate surface area is 47.8 Å². The van der Waals surface area contributed by atoms with Gasteiger partial charge in [0, 0.05) is 14.1 Å². The minimum Gasteiger partial charge on any atom is -0.288 e. The van der Waals surface area contributed by atoms with Crippen molar-refractivity contribution < 1.29 is 15.0 Å². The van der Waals surface area contributed by atoms with Crippen LogP contribution in [0, 0.1) is 0 Å². The van der Waals surface area contributed by atoms with Gasteiger partial charge in [-0.3, -0.25) is 10.0 Å². The van der Waals surface area contributed by atoms with Gasteiger partial charge in [0.2, 0.25) is 0 Å². The Morgan fingerprint density at radius 3 is 2.00 bits per heavy atom. The average Bonchev–Trinajstić information content (AvgIpc) is 1.65. The molecule has 0 aromatic heterocycles. The zero-order valence-corrected chi connectivity index (χ0v) is 5.16. The van der Waals surface area contributed by atoms with Gasteiger partial charge in [-0.05, 0) is 10.5 Å². The maximum absolute atomic E-state index is 8.34. The van der Waals surface area contributed by atoms with Crippen LogP contribution in [-0.4, -0.2) is 36.9 Å². The Kier molecular flexibility index (Phi) is 3.67. The third-order valence-electron chi connectivity index (χ3n) is 0.490. The molecule has 0 aliphatic heterocycles. The highest BCUT2D eigenvalue weighted by Gasteiger charge is 1.95. The fraction of sp³-hybridized carbons (Fsp3) is 1.00. The van der Waals surface area contributed by atoms with Crippen molar-refractivity contribution in [2.45, 2.75) is 0 Å². The second kappa shape index (κ2) is 3.76. The summed E-state index contributed by atoms with van der Waals surface area (Å²) in [6.45, 7) is 0. The molecule has 0 rings (SSSR count). The predicted molar refractivity (Wildman–Crippen MR) is 25.4 cm³/mol. The van der Waals surface area contributed by atoms with Crippen LogP contribution in [0.5, 0.6) is 0 Å². The summed E-state index contributed by atoms with van der Waals surface area (Å²) >= 11 is 0. The number of hydroxylamine groups is 4. The molecular weight excluding hydrogens is 112 g/mol. The van der Waals surface area contributed by atoms with Crippen molar-refractivity contribution in [1.29, 1.82) is 0 Å². The van der Waals surface area contributed by atoms with E-state index < -0.39 is 0 Å². The molecule has 0 aromatic rings. The second-order valence-electron chi connectivity index (χ2n) is 1.17. The Balaban J connectivity index is 3.10. The molecule has 0 saturated heterocycles. The van der Waals surface area contributed by atoms with E-state index in [1.54, 1.807) is 0 Å². The van der Waals surface area contributed by atoms with Crippen LogP contribution in [0.25, 0.3) is 0 Å². The second-order valence-corrected chi connectivity index (χ2v) is 1.17. The van der Waals surface area contributed by atoms with E-state index in [0.717, 1.165) is 5.23 Å². The van der Waals surface area contributed by atoms with Crippen LogP contribution in [-0.2, 0) is 9.78 Å². The van der Waals surface area contributed by atoms with Crippen molar-refractivity contribution in [2.24, 2.45) is 0 Å². The first kappa shape index (κ1) is 7.80. The molecule has 1 N–H and O–H groups in total. The molecule has 0 radical (unpaired) electrons. The minimum atomic E-state index is 0.531. The Morgan fingerprint density at radius 1 is 1.38 bits per heavy atom. The Morgan fingerprint density at radius 2 is 1.88 bits per heavy atom. The zero-order valence-electron chi connectivity index (χ0n) is 5.16. The third kappa shape index (κ3) is 3.97. The van der Waals surface area contributed by atoms with Crippen LogP contribution in [0.3, 0.4) is 0 Å². The summed E-state index contributed by atoms with van der Waals surface area (Å²) in [5, 5.41) is 9.87. The fourth-order valence-electron chi connectivity index (χ4n) is 0.200. The molecule has 0 fully saturated rings. The van der Waals surface area contributed by atoms with Crippen LogP contribution >= 0.6 is 0 Å². The molecule has 8 heavy (non-hydrogen) atoms. The Bertz CT molecular complexity index is 58.5. The van der Waals surface area contributed by atoms with Gasteiger partial charge in [-0.1, -0.05) is 0 Å². The molecule has 0 unspecified atom stereocenters. The average molecular weight is 122 g/mol. The van der Waals surface area contributed by atoms with Gasteiger partial charge in [-0.2, -0.15) is 4.94 Å². The number of nitrogens with zero attached hydrogens (tertiary/aromatic N) is 2. The van der Waals surface area contributed by atoms with E-state index in [1.807, 2.05) is 0 Å². The maximum atomic E-state index is 8.34. The molecule has 0 aliphatic rings. The molecule has 5 nitrogen and oxygen atoms in total. The lowest BCUT2D eigenvalue weighted by Gasteiger charge is -2.14. The molecule has 0 bridgehead atoms. The minimum absolute atomic E-state index is 0.531. The lowest BCUT2D eigenvalue weighted by molar-refractivity contribution is -0.499.